The average Bonchev–Trinajstić information content (AvgIpc) is 2.45. The zero-order chi connectivity index (χ0) is 15.2. The van der Waals surface area contributed by atoms with Crippen LogP contribution in [0, 0.1) is 13.8 Å². The lowest BCUT2D eigenvalue weighted by Gasteiger charge is -2.05. The van der Waals surface area contributed by atoms with Crippen molar-refractivity contribution in [2.75, 3.05) is 5.43 Å². The molecule has 4 nitrogen and oxygen atoms in total. The minimum atomic E-state index is 0.537. The molecule has 0 aliphatic carbocycles. The van der Waals surface area contributed by atoms with Crippen LogP contribution in [-0.2, 0) is 6.42 Å². The van der Waals surface area contributed by atoms with Gasteiger partial charge in [-0.25, -0.2) is 15.4 Å². The lowest BCUT2D eigenvalue weighted by atomic mass is 10.1. The Morgan fingerprint density at radius 2 is 1.71 bits per heavy atom. The van der Waals surface area contributed by atoms with E-state index in [9.17, 15) is 0 Å². The second kappa shape index (κ2) is 6.97. The Kier molecular flexibility index (Phi) is 5.04. The summed E-state index contributed by atoms with van der Waals surface area (Å²) in [5.74, 6) is 0.537. The van der Waals surface area contributed by atoms with E-state index >= 15 is 0 Å². The van der Waals surface area contributed by atoms with Gasteiger partial charge in [-0.1, -0.05) is 37.6 Å². The van der Waals surface area contributed by atoms with E-state index < -0.39 is 0 Å². The number of hydrogen-bond donors (Lipinski definition) is 1. The van der Waals surface area contributed by atoms with Crippen molar-refractivity contribution in [2.45, 2.75) is 40.5 Å². The van der Waals surface area contributed by atoms with Gasteiger partial charge in [0, 0.05) is 11.4 Å². The summed E-state index contributed by atoms with van der Waals surface area (Å²) in [6.45, 7) is 8.06. The van der Waals surface area contributed by atoms with E-state index in [0.717, 1.165) is 35.5 Å². The molecule has 21 heavy (non-hydrogen) atoms. The van der Waals surface area contributed by atoms with Gasteiger partial charge in [0.25, 0.3) is 0 Å². The Morgan fingerprint density at radius 3 is 2.29 bits per heavy atom. The molecule has 0 aliphatic rings. The summed E-state index contributed by atoms with van der Waals surface area (Å²) < 4.78 is 0. The fourth-order valence-electron chi connectivity index (χ4n) is 2.18. The average molecular weight is 282 g/mol. The summed E-state index contributed by atoms with van der Waals surface area (Å²) in [7, 11) is 0. The van der Waals surface area contributed by atoms with Crippen molar-refractivity contribution in [3.63, 3.8) is 0 Å². The number of hydrogen-bond acceptors (Lipinski definition) is 4. The Morgan fingerprint density at radius 1 is 1.10 bits per heavy atom. The molecule has 0 unspecified atom stereocenters. The third-order valence-corrected chi connectivity index (χ3v) is 3.22. The minimum absolute atomic E-state index is 0.537. The first-order chi connectivity index (χ1) is 10.1. The minimum Gasteiger partial charge on any atom is -0.245 e. The van der Waals surface area contributed by atoms with Gasteiger partial charge in [0.05, 0.1) is 5.71 Å². The molecular formula is C17H22N4. The molecule has 1 aromatic heterocycles. The predicted octanol–water partition coefficient (Wildman–Crippen LogP) is 3.88. The number of nitrogens with one attached hydrogen (secondary N) is 1. The number of rotatable bonds is 5. The Balaban J connectivity index is 2.09. The summed E-state index contributed by atoms with van der Waals surface area (Å²) in [5.41, 5.74) is 8.18. The molecule has 0 saturated heterocycles. The van der Waals surface area contributed by atoms with Crippen LogP contribution in [0.2, 0.25) is 0 Å². The van der Waals surface area contributed by atoms with Gasteiger partial charge in [0.2, 0.25) is 5.95 Å². The first-order valence-corrected chi connectivity index (χ1v) is 7.30. The molecular weight excluding hydrogens is 260 g/mol. The molecule has 1 heterocycles. The fraction of sp³-hybridized carbons (Fsp3) is 0.353. The summed E-state index contributed by atoms with van der Waals surface area (Å²) in [5, 5.41) is 4.36. The molecule has 0 amide bonds. The molecule has 0 atom stereocenters. The van der Waals surface area contributed by atoms with Crippen LogP contribution in [0.4, 0.5) is 5.95 Å². The molecule has 0 radical (unpaired) electrons. The van der Waals surface area contributed by atoms with Crippen LogP contribution < -0.4 is 5.43 Å². The van der Waals surface area contributed by atoms with Gasteiger partial charge in [-0.2, -0.15) is 5.10 Å². The van der Waals surface area contributed by atoms with Crippen molar-refractivity contribution in [3.05, 3.63) is 52.8 Å². The Hall–Kier alpha value is -2.23. The van der Waals surface area contributed by atoms with Crippen molar-refractivity contribution < 1.29 is 0 Å². The normalized spacial score (nSPS) is 11.5. The topological polar surface area (TPSA) is 50.2 Å². The van der Waals surface area contributed by atoms with E-state index in [1.165, 1.54) is 5.56 Å². The second-order valence-corrected chi connectivity index (χ2v) is 5.23. The third-order valence-electron chi connectivity index (χ3n) is 3.22. The Bertz CT molecular complexity index is 609. The van der Waals surface area contributed by atoms with Crippen LogP contribution in [0.5, 0.6) is 0 Å². The van der Waals surface area contributed by atoms with Crippen LogP contribution >= 0.6 is 0 Å². The van der Waals surface area contributed by atoms with E-state index in [1.54, 1.807) is 0 Å². The molecule has 0 bridgehead atoms. The number of nitrogens with zero attached hydrogens (tertiary/aromatic N) is 3. The van der Waals surface area contributed by atoms with E-state index in [0.29, 0.717) is 5.95 Å². The van der Waals surface area contributed by atoms with E-state index in [4.69, 9.17) is 0 Å². The lowest BCUT2D eigenvalue weighted by Crippen LogP contribution is -2.04. The molecule has 2 rings (SSSR count). The van der Waals surface area contributed by atoms with Gasteiger partial charge in [-0.3, -0.25) is 0 Å². The highest BCUT2D eigenvalue weighted by molar-refractivity contribution is 5.99. The number of aromatic nitrogens is 2. The number of benzene rings is 1. The highest BCUT2D eigenvalue weighted by Crippen LogP contribution is 2.09. The maximum Gasteiger partial charge on any atom is 0.243 e. The number of anilines is 1. The molecule has 1 aromatic carbocycles. The second-order valence-electron chi connectivity index (χ2n) is 5.23. The smallest absolute Gasteiger partial charge is 0.243 e. The van der Waals surface area contributed by atoms with Crippen LogP contribution in [0.1, 0.15) is 42.8 Å². The van der Waals surface area contributed by atoms with Crippen LogP contribution in [0.15, 0.2) is 35.4 Å². The molecule has 1 N–H and O–H groups in total. The standard InChI is InChI=1S/C17H22N4/c1-5-6-15-7-9-16(10-8-15)14(4)20-21-17-18-12(2)11-13(3)19-17/h7-11H,5-6H2,1-4H3,(H,18,19,21). The van der Waals surface area contributed by atoms with Crippen molar-refractivity contribution in [1.29, 1.82) is 0 Å². The van der Waals surface area contributed by atoms with Crippen LogP contribution in [0.25, 0.3) is 0 Å². The van der Waals surface area contributed by atoms with Gasteiger partial charge in [0.1, 0.15) is 0 Å². The zero-order valence-corrected chi connectivity index (χ0v) is 13.1. The maximum absolute atomic E-state index is 4.36. The van der Waals surface area contributed by atoms with Gasteiger partial charge in [-0.05, 0) is 44.4 Å². The lowest BCUT2D eigenvalue weighted by molar-refractivity contribution is 0.922. The summed E-state index contributed by atoms with van der Waals surface area (Å²) in [4.78, 5) is 8.62. The van der Waals surface area contributed by atoms with Gasteiger partial charge >= 0.3 is 0 Å². The molecule has 0 fully saturated rings. The predicted molar refractivity (Wildman–Crippen MR) is 87.8 cm³/mol. The van der Waals surface area contributed by atoms with Crippen molar-refractivity contribution in [2.24, 2.45) is 5.10 Å². The zero-order valence-electron chi connectivity index (χ0n) is 13.1. The van der Waals surface area contributed by atoms with Crippen molar-refractivity contribution >= 4 is 11.7 Å². The SMILES string of the molecule is CCCc1ccc(C(C)=NNc2nc(C)cc(C)n2)cc1. The van der Waals surface area contributed by atoms with E-state index in [1.807, 2.05) is 26.8 Å². The van der Waals surface area contributed by atoms with Crippen LogP contribution in [-0.4, -0.2) is 15.7 Å². The van der Waals surface area contributed by atoms with Crippen molar-refractivity contribution in [1.82, 2.24) is 9.97 Å². The first-order valence-electron chi connectivity index (χ1n) is 7.30. The molecule has 0 saturated carbocycles. The van der Waals surface area contributed by atoms with E-state index in [-0.39, 0.29) is 0 Å². The molecule has 0 aliphatic heterocycles. The summed E-state index contributed by atoms with van der Waals surface area (Å²) >= 11 is 0. The molecule has 110 valence electrons. The summed E-state index contributed by atoms with van der Waals surface area (Å²) in [6, 6.07) is 10.5. The van der Waals surface area contributed by atoms with E-state index in [2.05, 4.69) is 51.7 Å². The van der Waals surface area contributed by atoms with Gasteiger partial charge in [0.15, 0.2) is 0 Å². The highest BCUT2D eigenvalue weighted by atomic mass is 15.4. The van der Waals surface area contributed by atoms with Crippen LogP contribution in [0.3, 0.4) is 0 Å². The molecule has 2 aromatic rings. The monoisotopic (exact) mass is 282 g/mol. The Labute approximate surface area is 126 Å². The quantitative estimate of drug-likeness (QED) is 0.668. The maximum atomic E-state index is 4.36. The van der Waals surface area contributed by atoms with Gasteiger partial charge in [-0.15, -0.1) is 0 Å². The third kappa shape index (κ3) is 4.38. The largest absolute Gasteiger partial charge is 0.245 e. The number of aryl methyl sites for hydroxylation is 3. The highest BCUT2D eigenvalue weighted by Gasteiger charge is 2.00. The fourth-order valence-corrected chi connectivity index (χ4v) is 2.18. The number of hydrazone groups is 1. The summed E-state index contributed by atoms with van der Waals surface area (Å²) in [6.07, 6.45) is 2.28. The molecule has 0 spiro atoms. The first kappa shape index (κ1) is 15.2. The van der Waals surface area contributed by atoms with Gasteiger partial charge < -0.3 is 0 Å². The van der Waals surface area contributed by atoms with Crippen molar-refractivity contribution in [3.8, 4) is 0 Å². The molecule has 4 heteroatoms.